The summed E-state index contributed by atoms with van der Waals surface area (Å²) in [5, 5.41) is 0.484. The van der Waals surface area contributed by atoms with E-state index >= 15 is 0 Å². The molecule has 0 saturated heterocycles. The Morgan fingerprint density at radius 3 is 2.13 bits per heavy atom. The zero-order chi connectivity index (χ0) is 28.2. The molecule has 0 bridgehead atoms. The average molecular weight is 580 g/mol. The van der Waals surface area contributed by atoms with Crippen molar-refractivity contribution in [3.8, 4) is 5.75 Å². The van der Waals surface area contributed by atoms with Crippen molar-refractivity contribution in [1.29, 1.82) is 0 Å². The summed E-state index contributed by atoms with van der Waals surface area (Å²) < 4.78 is 107. The minimum Gasteiger partial charge on any atom is -0.416 e. The Morgan fingerprint density at radius 2 is 1.50 bits per heavy atom. The summed E-state index contributed by atoms with van der Waals surface area (Å²) in [6, 6.07) is 7.12. The van der Waals surface area contributed by atoms with Crippen molar-refractivity contribution in [1.82, 2.24) is 0 Å². The van der Waals surface area contributed by atoms with Gasteiger partial charge in [-0.2, -0.15) is 17.6 Å². The van der Waals surface area contributed by atoms with Crippen LogP contribution in [0.5, 0.6) is 5.75 Å². The molecular weight excluding hydrogens is 560 g/mol. The predicted molar refractivity (Wildman–Crippen MR) is 130 cm³/mol. The molecule has 3 aromatic rings. The van der Waals surface area contributed by atoms with Gasteiger partial charge in [-0.3, -0.25) is 4.79 Å². The van der Waals surface area contributed by atoms with Crippen LogP contribution in [-0.4, -0.2) is 23.4 Å². The van der Waals surface area contributed by atoms with Crippen LogP contribution >= 0.6 is 20.6 Å². The summed E-state index contributed by atoms with van der Waals surface area (Å²) in [7, 11) is -1.26. The molecule has 13 heteroatoms. The highest BCUT2D eigenvalue weighted by molar-refractivity contribution is 8.13. The molecule has 1 atom stereocenters. The topological polar surface area (TPSA) is 52.6 Å². The maximum absolute atomic E-state index is 14.7. The molecule has 0 heterocycles. The Balaban J connectivity index is 1.72. The SMILES string of the molecule is CC(C)CC(=O)SCCOPC(F)(F)c1ccc2ccc(C(=O)Oc3c(F)c(F)c(F)c(F)c3F)cc2c1. The number of fused-ring (bicyclic) bond motifs is 1. The molecule has 1 unspecified atom stereocenters. The van der Waals surface area contributed by atoms with E-state index in [1.54, 1.807) is 0 Å². The van der Waals surface area contributed by atoms with E-state index < -0.39 is 60.8 Å². The van der Waals surface area contributed by atoms with E-state index in [0.29, 0.717) is 11.8 Å². The van der Waals surface area contributed by atoms with Gasteiger partial charge in [0.2, 0.25) is 34.8 Å². The fourth-order valence-corrected chi connectivity index (χ4v) is 4.84. The van der Waals surface area contributed by atoms with Crippen LogP contribution in [0.1, 0.15) is 36.2 Å². The number of rotatable bonds is 10. The van der Waals surface area contributed by atoms with Gasteiger partial charge in [-0.05, 0) is 34.9 Å². The van der Waals surface area contributed by atoms with Crippen LogP contribution in [0, 0.1) is 35.0 Å². The van der Waals surface area contributed by atoms with Crippen molar-refractivity contribution < 1.29 is 49.6 Å². The van der Waals surface area contributed by atoms with Crippen LogP contribution in [0.25, 0.3) is 10.8 Å². The minimum absolute atomic E-state index is 0.0530. The Labute approximate surface area is 218 Å². The van der Waals surface area contributed by atoms with Crippen LogP contribution in [-0.2, 0) is 15.0 Å². The van der Waals surface area contributed by atoms with Gasteiger partial charge in [0.1, 0.15) is 0 Å². The molecule has 0 fully saturated rings. The first-order valence-electron chi connectivity index (χ1n) is 11.0. The monoisotopic (exact) mass is 580 g/mol. The second kappa shape index (κ2) is 12.4. The van der Waals surface area contributed by atoms with E-state index in [2.05, 4.69) is 4.74 Å². The third kappa shape index (κ3) is 7.03. The first-order valence-corrected chi connectivity index (χ1v) is 12.9. The maximum Gasteiger partial charge on any atom is 0.343 e. The standard InChI is InChI=1S/C25H20F7O4PS/c1-12(2)9-17(33)38-8-7-35-37-25(31,32)16-6-5-13-3-4-14(10-15(13)11-16)24(34)36-23-21(29)19(27)18(26)20(28)22(23)30/h3-6,10-12,37H,7-9H2,1-2H3. The number of alkyl halides is 2. The van der Waals surface area contributed by atoms with Gasteiger partial charge in [-0.1, -0.05) is 43.8 Å². The van der Waals surface area contributed by atoms with Gasteiger partial charge in [0.25, 0.3) is 0 Å². The summed E-state index contributed by atoms with van der Waals surface area (Å²) in [5.41, 5.74) is -4.24. The molecule has 4 nitrogen and oxygen atoms in total. The first-order chi connectivity index (χ1) is 17.8. The highest BCUT2D eigenvalue weighted by Gasteiger charge is 2.33. The third-order valence-electron chi connectivity index (χ3n) is 5.03. The van der Waals surface area contributed by atoms with Crippen LogP contribution in [0.15, 0.2) is 36.4 Å². The second-order valence-electron chi connectivity index (χ2n) is 8.41. The fraction of sp³-hybridized carbons (Fsp3) is 0.280. The average Bonchev–Trinajstić information content (AvgIpc) is 2.87. The Bertz CT molecular complexity index is 1340. The third-order valence-corrected chi connectivity index (χ3v) is 6.78. The summed E-state index contributed by atoms with van der Waals surface area (Å²) in [5.74, 6) is -14.5. The summed E-state index contributed by atoms with van der Waals surface area (Å²) in [4.78, 5) is 24.0. The van der Waals surface area contributed by atoms with Crippen LogP contribution < -0.4 is 4.74 Å². The van der Waals surface area contributed by atoms with E-state index in [4.69, 9.17) is 4.52 Å². The molecule has 0 N–H and O–H groups in total. The van der Waals surface area contributed by atoms with Gasteiger partial charge in [0.05, 0.1) is 21.0 Å². The zero-order valence-corrected chi connectivity index (χ0v) is 21.7. The quantitative estimate of drug-likeness (QED) is 0.0468. The van der Waals surface area contributed by atoms with Gasteiger partial charge in [0.15, 0.2) is 5.12 Å². The van der Waals surface area contributed by atoms with E-state index in [0.717, 1.165) is 36.0 Å². The van der Waals surface area contributed by atoms with Crippen molar-refractivity contribution in [3.63, 3.8) is 0 Å². The molecule has 38 heavy (non-hydrogen) atoms. The van der Waals surface area contributed by atoms with Crippen LogP contribution in [0.4, 0.5) is 30.7 Å². The van der Waals surface area contributed by atoms with Crippen molar-refractivity contribution in [2.45, 2.75) is 25.9 Å². The summed E-state index contributed by atoms with van der Waals surface area (Å²) in [6.07, 6.45) is 0.372. The number of hydrogen-bond donors (Lipinski definition) is 0. The molecule has 0 aliphatic rings. The molecule has 0 aliphatic heterocycles. The largest absolute Gasteiger partial charge is 0.416 e. The molecule has 204 valence electrons. The van der Waals surface area contributed by atoms with Crippen LogP contribution in [0.3, 0.4) is 0 Å². The number of hydrogen-bond acceptors (Lipinski definition) is 5. The van der Waals surface area contributed by atoms with Crippen LogP contribution in [0.2, 0.25) is 0 Å². The van der Waals surface area contributed by atoms with Crippen molar-refractivity contribution in [2.75, 3.05) is 12.4 Å². The second-order valence-corrected chi connectivity index (χ2v) is 10.7. The molecule has 0 radical (unpaired) electrons. The van der Waals surface area contributed by atoms with Gasteiger partial charge in [-0.15, -0.1) is 0 Å². The number of carbonyl (C=O) groups excluding carboxylic acids is 2. The van der Waals surface area contributed by atoms with Crippen molar-refractivity contribution >= 4 is 42.4 Å². The number of esters is 1. The Morgan fingerprint density at radius 1 is 0.895 bits per heavy atom. The first kappa shape index (κ1) is 29.9. The van der Waals surface area contributed by atoms with E-state index in [1.165, 1.54) is 12.1 Å². The normalized spacial score (nSPS) is 12.2. The number of thioether (sulfide) groups is 1. The number of halogens is 7. The lowest BCUT2D eigenvalue weighted by Gasteiger charge is -2.17. The smallest absolute Gasteiger partial charge is 0.343 e. The number of carbonyl (C=O) groups is 2. The van der Waals surface area contributed by atoms with Crippen molar-refractivity contribution in [3.05, 3.63) is 76.6 Å². The molecule has 0 aromatic heterocycles. The highest BCUT2D eigenvalue weighted by Crippen LogP contribution is 2.46. The Kier molecular flexibility index (Phi) is 9.78. The predicted octanol–water partition coefficient (Wildman–Crippen LogP) is 7.72. The number of benzene rings is 3. The van der Waals surface area contributed by atoms with Gasteiger partial charge in [-0.25, -0.2) is 18.0 Å². The van der Waals surface area contributed by atoms with Crippen molar-refractivity contribution in [2.24, 2.45) is 5.92 Å². The maximum atomic E-state index is 14.7. The zero-order valence-electron chi connectivity index (χ0n) is 19.8. The lowest BCUT2D eigenvalue weighted by molar-refractivity contribution is -0.111. The molecule has 0 amide bonds. The van der Waals surface area contributed by atoms with E-state index in [9.17, 15) is 40.3 Å². The summed E-state index contributed by atoms with van der Waals surface area (Å²) >= 11 is 1.01. The lowest BCUT2D eigenvalue weighted by atomic mass is 10.0. The van der Waals surface area contributed by atoms with E-state index in [-0.39, 0.29) is 34.3 Å². The minimum atomic E-state index is -3.41. The van der Waals surface area contributed by atoms with Gasteiger partial charge < -0.3 is 9.26 Å². The highest BCUT2D eigenvalue weighted by atomic mass is 32.2. The molecule has 0 aliphatic carbocycles. The van der Waals surface area contributed by atoms with Gasteiger partial charge in [0, 0.05) is 17.7 Å². The lowest BCUT2D eigenvalue weighted by Crippen LogP contribution is -2.13. The Hall–Kier alpha value is -2.69. The molecule has 3 aromatic carbocycles. The van der Waals surface area contributed by atoms with Gasteiger partial charge >= 0.3 is 11.6 Å². The summed E-state index contributed by atoms with van der Waals surface area (Å²) in [6.45, 7) is 3.71. The molecular formula is C25H20F7O4PS. The molecule has 0 spiro atoms. The number of ether oxygens (including phenoxy) is 1. The fourth-order valence-electron chi connectivity index (χ4n) is 3.19. The molecule has 0 saturated carbocycles. The molecule has 3 rings (SSSR count). The van der Waals surface area contributed by atoms with E-state index in [1.807, 2.05) is 13.8 Å².